The van der Waals surface area contributed by atoms with Gasteiger partial charge in [-0.25, -0.2) is 0 Å². The summed E-state index contributed by atoms with van der Waals surface area (Å²) in [6, 6.07) is 8.93. The van der Waals surface area contributed by atoms with E-state index in [1.165, 1.54) is 18.4 Å². The highest BCUT2D eigenvalue weighted by Crippen LogP contribution is 2.21. The predicted octanol–water partition coefficient (Wildman–Crippen LogP) is 2.87. The molecule has 4 heteroatoms. The number of furan rings is 1. The topological polar surface area (TPSA) is 41.3 Å². The molecule has 1 fully saturated rings. The second-order valence-corrected chi connectivity index (χ2v) is 5.94. The van der Waals surface area contributed by atoms with Crippen LogP contribution < -0.4 is 5.32 Å². The molecule has 4 nitrogen and oxygen atoms in total. The van der Waals surface area contributed by atoms with E-state index in [2.05, 4.69) is 34.4 Å². The van der Waals surface area contributed by atoms with Crippen molar-refractivity contribution in [2.45, 2.75) is 45.4 Å². The lowest BCUT2D eigenvalue weighted by Gasteiger charge is -2.15. The number of aryl methyl sites for hydroxylation is 1. The van der Waals surface area contributed by atoms with Crippen molar-refractivity contribution in [2.24, 2.45) is 0 Å². The first-order valence-corrected chi connectivity index (χ1v) is 7.61. The summed E-state index contributed by atoms with van der Waals surface area (Å²) in [5.74, 6) is 2.07. The molecule has 0 spiro atoms. The number of hydrogen-bond donors (Lipinski definition) is 1. The van der Waals surface area contributed by atoms with Crippen LogP contribution in [0.2, 0.25) is 0 Å². The molecule has 0 radical (unpaired) electrons. The van der Waals surface area contributed by atoms with E-state index in [1.807, 2.05) is 25.3 Å². The minimum atomic E-state index is 0.714. The summed E-state index contributed by atoms with van der Waals surface area (Å²) in [5, 5.41) is 3.49. The van der Waals surface area contributed by atoms with Crippen LogP contribution in [0.4, 0.5) is 0 Å². The van der Waals surface area contributed by atoms with Gasteiger partial charge in [-0.3, -0.25) is 9.88 Å². The Morgan fingerprint density at radius 2 is 2.19 bits per heavy atom. The lowest BCUT2D eigenvalue weighted by atomic mass is 10.2. The van der Waals surface area contributed by atoms with Crippen molar-refractivity contribution < 1.29 is 4.42 Å². The van der Waals surface area contributed by atoms with E-state index in [0.717, 1.165) is 36.8 Å². The first-order valence-electron chi connectivity index (χ1n) is 7.61. The van der Waals surface area contributed by atoms with Gasteiger partial charge in [0.15, 0.2) is 0 Å². The highest BCUT2D eigenvalue weighted by molar-refractivity contribution is 5.21. The van der Waals surface area contributed by atoms with Crippen molar-refractivity contribution in [3.63, 3.8) is 0 Å². The molecule has 0 aromatic carbocycles. The molecule has 1 aliphatic rings. The van der Waals surface area contributed by atoms with E-state index >= 15 is 0 Å². The summed E-state index contributed by atoms with van der Waals surface area (Å²) in [4.78, 5) is 6.63. The molecule has 1 aliphatic carbocycles. The first-order chi connectivity index (χ1) is 10.2. The van der Waals surface area contributed by atoms with Crippen molar-refractivity contribution in [1.29, 1.82) is 0 Å². The summed E-state index contributed by atoms with van der Waals surface area (Å²) < 4.78 is 5.84. The summed E-state index contributed by atoms with van der Waals surface area (Å²) in [6.07, 6.45) is 4.45. The van der Waals surface area contributed by atoms with Gasteiger partial charge in [-0.2, -0.15) is 0 Å². The second-order valence-electron chi connectivity index (χ2n) is 5.94. The predicted molar refractivity (Wildman–Crippen MR) is 82.7 cm³/mol. The Morgan fingerprint density at radius 1 is 1.33 bits per heavy atom. The van der Waals surface area contributed by atoms with Crippen molar-refractivity contribution in [3.8, 4) is 0 Å². The molecule has 21 heavy (non-hydrogen) atoms. The fourth-order valence-electron chi connectivity index (χ4n) is 2.48. The maximum absolute atomic E-state index is 5.84. The van der Waals surface area contributed by atoms with E-state index in [0.29, 0.717) is 6.04 Å². The molecular weight excluding hydrogens is 262 g/mol. The van der Waals surface area contributed by atoms with Gasteiger partial charge >= 0.3 is 0 Å². The van der Waals surface area contributed by atoms with Gasteiger partial charge in [0.1, 0.15) is 11.5 Å². The maximum Gasteiger partial charge on any atom is 0.118 e. The summed E-state index contributed by atoms with van der Waals surface area (Å²) in [5.41, 5.74) is 2.36. The molecule has 112 valence electrons. The molecule has 0 saturated heterocycles. The van der Waals surface area contributed by atoms with Gasteiger partial charge in [-0.15, -0.1) is 0 Å². The SMILES string of the molecule is Cc1oc(CNC2CC2)cc1CN(C)Cc1ccccn1. The standard InChI is InChI=1S/C17H23N3O/c1-13-14(9-17(21-13)10-19-15-6-7-15)11-20(2)12-16-5-3-4-8-18-16/h3-5,8-9,15,19H,6-7,10-12H2,1-2H3. The van der Waals surface area contributed by atoms with Crippen LogP contribution in [0, 0.1) is 6.92 Å². The molecule has 2 heterocycles. The highest BCUT2D eigenvalue weighted by atomic mass is 16.3. The van der Waals surface area contributed by atoms with E-state index in [4.69, 9.17) is 4.42 Å². The lowest BCUT2D eigenvalue weighted by Crippen LogP contribution is -2.18. The number of pyridine rings is 1. The normalized spacial score (nSPS) is 14.8. The van der Waals surface area contributed by atoms with Crippen molar-refractivity contribution >= 4 is 0 Å². The number of nitrogens with zero attached hydrogens (tertiary/aromatic N) is 2. The summed E-state index contributed by atoms with van der Waals surface area (Å²) >= 11 is 0. The average molecular weight is 285 g/mol. The zero-order chi connectivity index (χ0) is 14.7. The van der Waals surface area contributed by atoms with E-state index in [1.54, 1.807) is 0 Å². The third-order valence-corrected chi connectivity index (χ3v) is 3.81. The van der Waals surface area contributed by atoms with Crippen LogP contribution in [0.5, 0.6) is 0 Å². The highest BCUT2D eigenvalue weighted by Gasteiger charge is 2.21. The Hall–Kier alpha value is -1.65. The van der Waals surface area contributed by atoms with Crippen molar-refractivity contribution in [1.82, 2.24) is 15.2 Å². The largest absolute Gasteiger partial charge is 0.465 e. The van der Waals surface area contributed by atoms with Gasteiger partial charge in [-0.05, 0) is 45.0 Å². The Balaban J connectivity index is 1.55. The minimum Gasteiger partial charge on any atom is -0.465 e. The van der Waals surface area contributed by atoms with Gasteiger partial charge in [-0.1, -0.05) is 6.07 Å². The molecule has 2 aromatic rings. The first kappa shape index (κ1) is 14.3. The fraction of sp³-hybridized carbons (Fsp3) is 0.471. The number of rotatable bonds is 7. The maximum atomic E-state index is 5.84. The molecule has 1 N–H and O–H groups in total. The van der Waals surface area contributed by atoms with Gasteiger partial charge in [0, 0.05) is 30.9 Å². The van der Waals surface area contributed by atoms with Gasteiger partial charge in [0.2, 0.25) is 0 Å². The Morgan fingerprint density at radius 3 is 2.90 bits per heavy atom. The van der Waals surface area contributed by atoms with E-state index in [9.17, 15) is 0 Å². The quantitative estimate of drug-likeness (QED) is 0.849. The van der Waals surface area contributed by atoms with E-state index in [-0.39, 0.29) is 0 Å². The summed E-state index contributed by atoms with van der Waals surface area (Å²) in [7, 11) is 2.11. The van der Waals surface area contributed by atoms with Gasteiger partial charge < -0.3 is 9.73 Å². The molecule has 0 bridgehead atoms. The van der Waals surface area contributed by atoms with Crippen LogP contribution in [0.25, 0.3) is 0 Å². The zero-order valence-corrected chi connectivity index (χ0v) is 12.8. The third kappa shape index (κ3) is 4.16. The van der Waals surface area contributed by atoms with Crippen LogP contribution in [-0.4, -0.2) is 23.0 Å². The van der Waals surface area contributed by atoms with Crippen LogP contribution in [0.15, 0.2) is 34.9 Å². The molecule has 0 amide bonds. The van der Waals surface area contributed by atoms with Crippen LogP contribution >= 0.6 is 0 Å². The van der Waals surface area contributed by atoms with Crippen LogP contribution in [-0.2, 0) is 19.6 Å². The Bertz CT molecular complexity index is 575. The molecule has 0 atom stereocenters. The number of aromatic nitrogens is 1. The Labute approximate surface area is 126 Å². The lowest BCUT2D eigenvalue weighted by molar-refractivity contribution is 0.312. The fourth-order valence-corrected chi connectivity index (χ4v) is 2.48. The van der Waals surface area contributed by atoms with E-state index < -0.39 is 0 Å². The second kappa shape index (κ2) is 6.41. The molecular formula is C17H23N3O. The number of nitrogens with one attached hydrogen (secondary N) is 1. The molecule has 0 unspecified atom stereocenters. The monoisotopic (exact) mass is 285 g/mol. The van der Waals surface area contributed by atoms with Crippen molar-refractivity contribution in [2.75, 3.05) is 7.05 Å². The number of hydrogen-bond acceptors (Lipinski definition) is 4. The molecule has 2 aromatic heterocycles. The van der Waals surface area contributed by atoms with Crippen LogP contribution in [0.3, 0.4) is 0 Å². The van der Waals surface area contributed by atoms with Gasteiger partial charge in [0.05, 0.1) is 12.2 Å². The van der Waals surface area contributed by atoms with Crippen LogP contribution in [0.1, 0.15) is 35.6 Å². The Kier molecular flexibility index (Phi) is 4.36. The third-order valence-electron chi connectivity index (χ3n) is 3.81. The molecule has 3 rings (SSSR count). The van der Waals surface area contributed by atoms with Crippen molar-refractivity contribution in [3.05, 3.63) is 53.2 Å². The molecule has 1 saturated carbocycles. The minimum absolute atomic E-state index is 0.714. The average Bonchev–Trinajstić information content (AvgIpc) is 3.23. The molecule has 0 aliphatic heterocycles. The zero-order valence-electron chi connectivity index (χ0n) is 12.8. The summed E-state index contributed by atoms with van der Waals surface area (Å²) in [6.45, 7) is 4.62. The van der Waals surface area contributed by atoms with Gasteiger partial charge in [0.25, 0.3) is 0 Å². The smallest absolute Gasteiger partial charge is 0.118 e.